The first kappa shape index (κ1) is 15.8. The van der Waals surface area contributed by atoms with E-state index in [0.29, 0.717) is 32.7 Å². The fraction of sp³-hybridized carbons (Fsp3) is 1.00. The Hall–Kier alpha value is 0.790. The molecular weight excluding hydrogens is 233 g/mol. The molecule has 0 aromatic heterocycles. The Labute approximate surface area is 112 Å². The van der Waals surface area contributed by atoms with Crippen LogP contribution in [0.15, 0.2) is 0 Å². The minimum atomic E-state index is -3.86. The molecule has 6 nitrogen and oxygen atoms in total. The second kappa shape index (κ2) is 7.18. The van der Waals surface area contributed by atoms with Gasteiger partial charge in [-0.1, -0.05) is 0 Å². The molecule has 0 aliphatic carbocycles. The van der Waals surface area contributed by atoms with Gasteiger partial charge in [-0.3, -0.25) is 9.45 Å². The molecule has 0 spiro atoms. The molecule has 0 bridgehead atoms. The predicted molar refractivity (Wildman–Crippen MR) is 56.6 cm³/mol. The van der Waals surface area contributed by atoms with Crippen molar-refractivity contribution in [3.8, 4) is 0 Å². The van der Waals surface area contributed by atoms with Crippen LogP contribution in [0.25, 0.3) is 0 Å². The summed E-state index contributed by atoms with van der Waals surface area (Å²) in [4.78, 5) is 1.90. The number of aliphatic hydroxyl groups is 1. The van der Waals surface area contributed by atoms with E-state index in [9.17, 15) is 8.42 Å². The minimum absolute atomic E-state index is 0. The van der Waals surface area contributed by atoms with Gasteiger partial charge in [0, 0.05) is 13.1 Å². The quantitative estimate of drug-likeness (QED) is 0.454. The molecule has 1 fully saturated rings. The van der Waals surface area contributed by atoms with Crippen molar-refractivity contribution in [2.24, 2.45) is 0 Å². The fourth-order valence-corrected chi connectivity index (χ4v) is 1.85. The van der Waals surface area contributed by atoms with Crippen molar-refractivity contribution in [1.82, 2.24) is 4.90 Å². The first-order valence-corrected chi connectivity index (χ1v) is 6.05. The van der Waals surface area contributed by atoms with Crippen molar-refractivity contribution in [2.75, 3.05) is 32.0 Å². The average Bonchev–Trinajstić information content (AvgIpc) is 2.01. The van der Waals surface area contributed by atoms with Gasteiger partial charge in [0.15, 0.2) is 6.29 Å². The summed E-state index contributed by atoms with van der Waals surface area (Å²) < 4.78 is 34.2. The molecule has 1 unspecified atom stereocenters. The topological polar surface area (TPSA) is 87.1 Å². The van der Waals surface area contributed by atoms with Crippen molar-refractivity contribution in [1.29, 1.82) is 0 Å². The van der Waals surface area contributed by atoms with Gasteiger partial charge in [-0.15, -0.1) is 0 Å². The summed E-state index contributed by atoms with van der Waals surface area (Å²) in [6.07, 6.45) is -0.416. The van der Waals surface area contributed by atoms with Crippen molar-refractivity contribution in [2.45, 2.75) is 12.7 Å². The molecule has 0 radical (unpaired) electrons. The van der Waals surface area contributed by atoms with E-state index in [4.69, 9.17) is 14.4 Å². The molecule has 86 valence electrons. The van der Waals surface area contributed by atoms with Crippen LogP contribution in [0.1, 0.15) is 6.42 Å². The predicted octanol–water partition coefficient (Wildman–Crippen LogP) is -1.73. The SMILES string of the molecule is O=S(=O)(O)CCCN1CCOC(O)C1.[NaH]. The Kier molecular flexibility index (Phi) is 7.56. The van der Waals surface area contributed by atoms with Crippen LogP contribution >= 0.6 is 0 Å². The Morgan fingerprint density at radius 1 is 1.47 bits per heavy atom. The van der Waals surface area contributed by atoms with E-state index >= 15 is 0 Å². The summed E-state index contributed by atoms with van der Waals surface area (Å²) in [5.74, 6) is -0.236. The molecule has 0 saturated carbocycles. The zero-order valence-corrected chi connectivity index (χ0v) is 8.61. The molecule has 1 heterocycles. The van der Waals surface area contributed by atoms with Gasteiger partial charge in [0.25, 0.3) is 10.1 Å². The maximum atomic E-state index is 10.4. The van der Waals surface area contributed by atoms with Crippen molar-refractivity contribution in [3.63, 3.8) is 0 Å². The summed E-state index contributed by atoms with van der Waals surface area (Å²) in [5.41, 5.74) is 0. The summed E-state index contributed by atoms with van der Waals surface area (Å²) in [7, 11) is -3.86. The standard InChI is InChI=1S/C7H15NO5S.Na.H/c9-7-6-8(3-4-13-7)2-1-5-14(10,11)12;;/h7,9H,1-6H2,(H,10,11,12);;. The molecule has 0 aromatic rings. The van der Waals surface area contributed by atoms with E-state index in [1.807, 2.05) is 4.90 Å². The molecule has 1 saturated heterocycles. The summed E-state index contributed by atoms with van der Waals surface area (Å²) in [6.45, 7) is 2.07. The van der Waals surface area contributed by atoms with Crippen LogP contribution < -0.4 is 0 Å². The number of β-amino-alcohol motifs (C(OH)–C–C–N with tert-alkyl or cyclic N) is 1. The van der Waals surface area contributed by atoms with Gasteiger partial charge >= 0.3 is 29.6 Å². The van der Waals surface area contributed by atoms with E-state index in [-0.39, 0.29) is 35.3 Å². The van der Waals surface area contributed by atoms with E-state index in [2.05, 4.69) is 0 Å². The molecule has 1 rings (SSSR count). The number of hydrogen-bond acceptors (Lipinski definition) is 5. The first-order valence-electron chi connectivity index (χ1n) is 4.44. The van der Waals surface area contributed by atoms with Gasteiger partial charge in [-0.25, -0.2) is 0 Å². The van der Waals surface area contributed by atoms with Gasteiger partial charge in [0.05, 0.1) is 12.4 Å². The third kappa shape index (κ3) is 7.64. The molecular formula is C7H16NNaO5S. The molecule has 1 atom stereocenters. The normalized spacial score (nSPS) is 23.5. The molecule has 15 heavy (non-hydrogen) atoms. The van der Waals surface area contributed by atoms with Gasteiger partial charge in [-0.05, 0) is 13.0 Å². The fourth-order valence-electron chi connectivity index (χ4n) is 1.36. The van der Waals surface area contributed by atoms with Crippen LogP contribution in [0.3, 0.4) is 0 Å². The summed E-state index contributed by atoms with van der Waals surface area (Å²) >= 11 is 0. The van der Waals surface area contributed by atoms with E-state index in [1.54, 1.807) is 0 Å². The number of nitrogens with zero attached hydrogens (tertiary/aromatic N) is 1. The Bertz CT molecular complexity index is 271. The van der Waals surface area contributed by atoms with Gasteiger partial charge in [-0.2, -0.15) is 8.42 Å². The average molecular weight is 249 g/mol. The molecule has 1 aliphatic rings. The zero-order chi connectivity index (χ0) is 10.6. The van der Waals surface area contributed by atoms with Crippen molar-refractivity contribution < 1.29 is 22.8 Å². The third-order valence-electron chi connectivity index (χ3n) is 2.01. The van der Waals surface area contributed by atoms with Crippen molar-refractivity contribution in [3.05, 3.63) is 0 Å². The van der Waals surface area contributed by atoms with Gasteiger partial charge in [0.1, 0.15) is 0 Å². The summed E-state index contributed by atoms with van der Waals surface area (Å²) in [5, 5.41) is 9.11. The number of aliphatic hydroxyl groups excluding tert-OH is 1. The number of morpholine rings is 1. The molecule has 1 aliphatic heterocycles. The third-order valence-corrected chi connectivity index (χ3v) is 2.81. The number of rotatable bonds is 4. The summed E-state index contributed by atoms with van der Waals surface area (Å²) in [6, 6.07) is 0. The maximum absolute atomic E-state index is 10.4. The van der Waals surface area contributed by atoms with Crippen LogP contribution in [0.2, 0.25) is 0 Å². The Morgan fingerprint density at radius 3 is 2.67 bits per heavy atom. The van der Waals surface area contributed by atoms with Crippen LogP contribution in [-0.4, -0.2) is 90.8 Å². The number of ether oxygens (including phenoxy) is 1. The Balaban J connectivity index is 0.00000196. The van der Waals surface area contributed by atoms with E-state index in [0.717, 1.165) is 0 Å². The van der Waals surface area contributed by atoms with Crippen LogP contribution in [0.5, 0.6) is 0 Å². The Morgan fingerprint density at radius 2 is 2.13 bits per heavy atom. The second-order valence-electron chi connectivity index (χ2n) is 3.27. The molecule has 2 N–H and O–H groups in total. The van der Waals surface area contributed by atoms with Crippen LogP contribution in [0, 0.1) is 0 Å². The first-order chi connectivity index (χ1) is 6.47. The second-order valence-corrected chi connectivity index (χ2v) is 4.84. The van der Waals surface area contributed by atoms with E-state index < -0.39 is 16.4 Å². The van der Waals surface area contributed by atoms with Gasteiger partial charge < -0.3 is 9.84 Å². The molecule has 8 heteroatoms. The zero-order valence-electron chi connectivity index (χ0n) is 7.79. The van der Waals surface area contributed by atoms with E-state index in [1.165, 1.54) is 0 Å². The molecule has 0 aromatic carbocycles. The number of hydrogen-bond donors (Lipinski definition) is 2. The van der Waals surface area contributed by atoms with Gasteiger partial charge in [0.2, 0.25) is 0 Å². The molecule has 0 amide bonds. The monoisotopic (exact) mass is 249 g/mol. The van der Waals surface area contributed by atoms with Crippen molar-refractivity contribution >= 4 is 39.7 Å². The van der Waals surface area contributed by atoms with Crippen LogP contribution in [-0.2, 0) is 14.9 Å². The van der Waals surface area contributed by atoms with Crippen LogP contribution in [0.4, 0.5) is 0 Å².